The molecule has 0 heterocycles. The lowest BCUT2D eigenvalue weighted by atomic mass is 10.1. The smallest absolute Gasteiger partial charge is 0.259 e. The molecule has 0 radical (unpaired) electrons. The fourth-order valence-corrected chi connectivity index (χ4v) is 4.50. The molecular formula is C36H32N2O6. The maximum Gasteiger partial charge on any atom is 0.259 e. The molecule has 44 heavy (non-hydrogen) atoms. The van der Waals surface area contributed by atoms with E-state index in [0.717, 1.165) is 11.1 Å². The molecule has 2 N–H and O–H groups in total. The Balaban J connectivity index is 1.56. The zero-order valence-corrected chi connectivity index (χ0v) is 24.4. The van der Waals surface area contributed by atoms with Crippen molar-refractivity contribution in [3.63, 3.8) is 0 Å². The van der Waals surface area contributed by atoms with E-state index in [2.05, 4.69) is 10.6 Å². The number of carbonyl (C=O) groups is 2. The normalized spacial score (nSPS) is 10.4. The van der Waals surface area contributed by atoms with E-state index in [0.29, 0.717) is 22.9 Å². The van der Waals surface area contributed by atoms with Gasteiger partial charge in [0.15, 0.2) is 0 Å². The quantitative estimate of drug-likeness (QED) is 0.158. The van der Waals surface area contributed by atoms with Crippen LogP contribution in [0.3, 0.4) is 0 Å². The van der Waals surface area contributed by atoms with Gasteiger partial charge in [-0.15, -0.1) is 0 Å². The topological polar surface area (TPSA) is 95.1 Å². The maximum absolute atomic E-state index is 13.8. The van der Waals surface area contributed by atoms with Crippen LogP contribution in [-0.4, -0.2) is 26.0 Å². The Bertz CT molecular complexity index is 1600. The molecule has 222 valence electrons. The van der Waals surface area contributed by atoms with E-state index in [1.165, 1.54) is 20.3 Å². The maximum atomic E-state index is 13.8. The number of ether oxygens (including phenoxy) is 4. The molecule has 5 aromatic carbocycles. The van der Waals surface area contributed by atoms with Crippen molar-refractivity contribution >= 4 is 23.2 Å². The van der Waals surface area contributed by atoms with Gasteiger partial charge in [-0.25, -0.2) is 0 Å². The number of rotatable bonds is 12. The van der Waals surface area contributed by atoms with Crippen molar-refractivity contribution in [2.75, 3.05) is 24.9 Å². The van der Waals surface area contributed by atoms with E-state index >= 15 is 0 Å². The van der Waals surface area contributed by atoms with Crippen LogP contribution in [0.25, 0.3) is 0 Å². The summed E-state index contributed by atoms with van der Waals surface area (Å²) >= 11 is 0. The zero-order valence-electron chi connectivity index (χ0n) is 24.4. The fourth-order valence-electron chi connectivity index (χ4n) is 4.50. The second-order valence-electron chi connectivity index (χ2n) is 9.70. The highest BCUT2D eigenvalue weighted by molar-refractivity contribution is 6.12. The van der Waals surface area contributed by atoms with E-state index in [4.69, 9.17) is 18.9 Å². The molecule has 0 bridgehead atoms. The van der Waals surface area contributed by atoms with Gasteiger partial charge in [-0.3, -0.25) is 9.59 Å². The minimum Gasteiger partial charge on any atom is -0.495 e. The highest BCUT2D eigenvalue weighted by Crippen LogP contribution is 2.34. The molecule has 0 atom stereocenters. The zero-order chi connectivity index (χ0) is 30.7. The molecule has 8 nitrogen and oxygen atoms in total. The predicted octanol–water partition coefficient (Wildman–Crippen LogP) is 7.37. The Kier molecular flexibility index (Phi) is 9.74. The van der Waals surface area contributed by atoms with E-state index in [1.54, 1.807) is 42.5 Å². The molecule has 0 unspecified atom stereocenters. The van der Waals surface area contributed by atoms with E-state index in [-0.39, 0.29) is 35.8 Å². The summed E-state index contributed by atoms with van der Waals surface area (Å²) in [6, 6.07) is 36.4. The average Bonchev–Trinajstić information content (AvgIpc) is 3.07. The third-order valence-corrected chi connectivity index (χ3v) is 6.76. The van der Waals surface area contributed by atoms with Gasteiger partial charge in [-0.1, -0.05) is 84.9 Å². The largest absolute Gasteiger partial charge is 0.495 e. The summed E-state index contributed by atoms with van der Waals surface area (Å²) in [6.45, 7) is 0.390. The van der Waals surface area contributed by atoms with Gasteiger partial charge in [0.1, 0.15) is 36.2 Å². The number of para-hydroxylation sites is 4. The summed E-state index contributed by atoms with van der Waals surface area (Å²) in [5.74, 6) is 0.502. The first-order chi connectivity index (χ1) is 21.6. The van der Waals surface area contributed by atoms with Gasteiger partial charge in [-0.05, 0) is 41.5 Å². The number of benzene rings is 5. The first-order valence-corrected chi connectivity index (χ1v) is 14.0. The molecule has 5 aromatic rings. The lowest BCUT2D eigenvalue weighted by molar-refractivity contribution is 0.102. The van der Waals surface area contributed by atoms with Gasteiger partial charge in [0.25, 0.3) is 11.8 Å². The van der Waals surface area contributed by atoms with Crippen LogP contribution in [0.15, 0.2) is 121 Å². The van der Waals surface area contributed by atoms with Gasteiger partial charge in [0.05, 0.1) is 36.7 Å². The highest BCUT2D eigenvalue weighted by atomic mass is 16.5. The summed E-state index contributed by atoms with van der Waals surface area (Å²) in [6.07, 6.45) is 0. The number of anilines is 2. The lowest BCUT2D eigenvalue weighted by Gasteiger charge is -2.18. The molecule has 0 saturated heterocycles. The average molecular weight is 589 g/mol. The Morgan fingerprint density at radius 1 is 0.500 bits per heavy atom. The molecular weight excluding hydrogens is 556 g/mol. The molecule has 0 aliphatic heterocycles. The first kappa shape index (κ1) is 29.7. The van der Waals surface area contributed by atoms with Crippen LogP contribution >= 0.6 is 0 Å². The minimum atomic E-state index is -0.487. The van der Waals surface area contributed by atoms with Crippen LogP contribution in [0, 0.1) is 0 Å². The summed E-state index contributed by atoms with van der Waals surface area (Å²) in [4.78, 5) is 27.6. The van der Waals surface area contributed by atoms with Gasteiger partial charge >= 0.3 is 0 Å². The second-order valence-corrected chi connectivity index (χ2v) is 9.70. The summed E-state index contributed by atoms with van der Waals surface area (Å²) in [5.41, 5.74) is 3.05. The molecule has 0 fully saturated rings. The van der Waals surface area contributed by atoms with E-state index in [9.17, 15) is 9.59 Å². The van der Waals surface area contributed by atoms with Gasteiger partial charge in [-0.2, -0.15) is 0 Å². The Hall–Kier alpha value is -5.76. The standard InChI is InChI=1S/C36H32N2O6/c1-41-31-19-11-9-17-29(31)37-35(39)27-21-28(36(40)38-30-18-10-12-20-32(30)42-2)34(44-24-26-15-7-4-8-16-26)22-33(27)43-23-25-13-5-3-6-14-25/h3-22H,23-24H2,1-2H3,(H,37,39)(H,38,40). The molecule has 0 spiro atoms. The van der Waals surface area contributed by atoms with Crippen LogP contribution in [0.5, 0.6) is 23.0 Å². The number of carbonyl (C=O) groups excluding carboxylic acids is 2. The second kappa shape index (κ2) is 14.4. The fraction of sp³-hybridized carbons (Fsp3) is 0.111. The minimum absolute atomic E-state index is 0.143. The van der Waals surface area contributed by atoms with Gasteiger partial charge < -0.3 is 29.6 Å². The molecule has 5 rings (SSSR count). The van der Waals surface area contributed by atoms with Crippen LogP contribution in [0.4, 0.5) is 11.4 Å². The number of hydrogen-bond donors (Lipinski definition) is 2. The third kappa shape index (κ3) is 7.35. The third-order valence-electron chi connectivity index (χ3n) is 6.76. The van der Waals surface area contributed by atoms with Crippen LogP contribution in [-0.2, 0) is 13.2 Å². The van der Waals surface area contributed by atoms with E-state index in [1.807, 2.05) is 72.8 Å². The van der Waals surface area contributed by atoms with Gasteiger partial charge in [0, 0.05) is 6.07 Å². The van der Waals surface area contributed by atoms with Crippen molar-refractivity contribution in [2.24, 2.45) is 0 Å². The molecule has 8 heteroatoms. The molecule has 2 amide bonds. The lowest BCUT2D eigenvalue weighted by Crippen LogP contribution is -2.19. The van der Waals surface area contributed by atoms with Crippen LogP contribution in [0.1, 0.15) is 31.8 Å². The van der Waals surface area contributed by atoms with Crippen molar-refractivity contribution in [2.45, 2.75) is 13.2 Å². The van der Waals surface area contributed by atoms with Crippen molar-refractivity contribution in [3.8, 4) is 23.0 Å². The Labute approximate surface area is 256 Å². The van der Waals surface area contributed by atoms with Crippen molar-refractivity contribution in [1.29, 1.82) is 0 Å². The summed E-state index contributed by atoms with van der Waals surface area (Å²) in [5, 5.41) is 5.78. The highest BCUT2D eigenvalue weighted by Gasteiger charge is 2.24. The van der Waals surface area contributed by atoms with Crippen LogP contribution in [0.2, 0.25) is 0 Å². The Morgan fingerprint density at radius 3 is 1.30 bits per heavy atom. The molecule has 0 aromatic heterocycles. The van der Waals surface area contributed by atoms with Crippen molar-refractivity contribution < 1.29 is 28.5 Å². The van der Waals surface area contributed by atoms with Crippen LogP contribution < -0.4 is 29.6 Å². The number of nitrogens with one attached hydrogen (secondary N) is 2. The van der Waals surface area contributed by atoms with Crippen molar-refractivity contribution in [3.05, 3.63) is 144 Å². The first-order valence-electron chi connectivity index (χ1n) is 14.0. The molecule has 0 saturated carbocycles. The summed E-state index contributed by atoms with van der Waals surface area (Å²) in [7, 11) is 3.05. The number of methoxy groups -OCH3 is 2. The SMILES string of the molecule is COc1ccccc1NC(=O)c1cc(C(=O)Nc2ccccc2OC)c(OCc2ccccc2)cc1OCc1ccccc1. The monoisotopic (exact) mass is 588 g/mol. The molecule has 0 aliphatic carbocycles. The van der Waals surface area contributed by atoms with Crippen molar-refractivity contribution in [1.82, 2.24) is 0 Å². The number of amides is 2. The number of hydrogen-bond acceptors (Lipinski definition) is 6. The summed E-state index contributed by atoms with van der Waals surface area (Å²) < 4.78 is 23.2. The van der Waals surface area contributed by atoms with Gasteiger partial charge in [0.2, 0.25) is 0 Å². The molecule has 0 aliphatic rings. The van der Waals surface area contributed by atoms with E-state index < -0.39 is 11.8 Å². The predicted molar refractivity (Wildman–Crippen MR) is 170 cm³/mol. The Morgan fingerprint density at radius 2 is 0.886 bits per heavy atom.